The van der Waals surface area contributed by atoms with Crippen LogP contribution < -0.4 is 4.72 Å². The van der Waals surface area contributed by atoms with Gasteiger partial charge in [-0.3, -0.25) is 0 Å². The molecule has 2 fully saturated rings. The number of ether oxygens (including phenoxy) is 1. The SMILES string of the molecule is CC(C)(C)OC(=O)N1CCC2(CCC(F)[C@H]2N[S+]([O-])C(C)(C)C)CC1. The summed E-state index contributed by atoms with van der Waals surface area (Å²) in [5.74, 6) is 0. The minimum atomic E-state index is -1.30. The van der Waals surface area contributed by atoms with Gasteiger partial charge in [-0.25, -0.2) is 9.18 Å². The molecule has 1 saturated carbocycles. The number of likely N-dealkylation sites (tertiary alicyclic amines) is 1. The fourth-order valence-corrected chi connectivity index (χ4v) is 4.63. The molecule has 1 aliphatic carbocycles. The molecule has 7 heteroatoms. The number of hydrogen-bond acceptors (Lipinski definition) is 4. The van der Waals surface area contributed by atoms with Crippen molar-refractivity contribution in [2.45, 2.75) is 89.8 Å². The third-order valence-electron chi connectivity index (χ3n) is 5.14. The summed E-state index contributed by atoms with van der Waals surface area (Å²) >= 11 is -1.30. The van der Waals surface area contributed by atoms with Crippen molar-refractivity contribution in [2.75, 3.05) is 13.1 Å². The monoisotopic (exact) mass is 376 g/mol. The topological polar surface area (TPSA) is 64.6 Å². The fourth-order valence-electron chi connectivity index (χ4n) is 3.64. The summed E-state index contributed by atoms with van der Waals surface area (Å²) in [5.41, 5.74) is -0.740. The first kappa shape index (κ1) is 20.8. The number of rotatable bonds is 2. The van der Waals surface area contributed by atoms with Gasteiger partial charge in [0.25, 0.3) is 0 Å². The van der Waals surface area contributed by atoms with Crippen LogP contribution in [-0.2, 0) is 16.1 Å². The molecule has 0 aromatic carbocycles. The molecular formula is C18H33FN2O3S. The molecule has 0 aromatic heterocycles. The maximum Gasteiger partial charge on any atom is 0.410 e. The summed E-state index contributed by atoms with van der Waals surface area (Å²) in [5, 5.41) is 0. The van der Waals surface area contributed by atoms with E-state index >= 15 is 0 Å². The first-order chi connectivity index (χ1) is 11.3. The normalized spacial score (nSPS) is 28.2. The minimum Gasteiger partial charge on any atom is -0.598 e. The maximum absolute atomic E-state index is 14.5. The summed E-state index contributed by atoms with van der Waals surface area (Å²) in [6.45, 7) is 12.3. The van der Waals surface area contributed by atoms with Crippen LogP contribution in [0.3, 0.4) is 0 Å². The summed E-state index contributed by atoms with van der Waals surface area (Å²) in [6.07, 6.45) is 1.40. The van der Waals surface area contributed by atoms with E-state index in [0.717, 1.165) is 6.42 Å². The van der Waals surface area contributed by atoms with Gasteiger partial charge < -0.3 is 14.2 Å². The summed E-state index contributed by atoms with van der Waals surface area (Å²) in [4.78, 5) is 13.9. The van der Waals surface area contributed by atoms with Gasteiger partial charge in [0, 0.05) is 24.5 Å². The Morgan fingerprint density at radius 1 is 1.20 bits per heavy atom. The molecule has 1 aliphatic heterocycles. The Morgan fingerprint density at radius 3 is 2.24 bits per heavy atom. The quantitative estimate of drug-likeness (QED) is 0.749. The lowest BCUT2D eigenvalue weighted by Gasteiger charge is -2.43. The van der Waals surface area contributed by atoms with E-state index in [1.807, 2.05) is 41.5 Å². The molecule has 2 aliphatic rings. The number of carbonyl (C=O) groups excluding carboxylic acids is 1. The van der Waals surface area contributed by atoms with Crippen molar-refractivity contribution in [3.63, 3.8) is 0 Å². The van der Waals surface area contributed by atoms with E-state index in [1.54, 1.807) is 4.90 Å². The number of amides is 1. The van der Waals surface area contributed by atoms with Gasteiger partial charge in [0.15, 0.2) is 0 Å². The molecule has 0 aromatic rings. The summed E-state index contributed by atoms with van der Waals surface area (Å²) in [7, 11) is 0. The van der Waals surface area contributed by atoms with E-state index in [4.69, 9.17) is 4.74 Å². The van der Waals surface area contributed by atoms with Crippen LogP contribution in [0.5, 0.6) is 0 Å². The second kappa shape index (κ2) is 7.24. The van der Waals surface area contributed by atoms with Gasteiger partial charge in [0.05, 0.1) is 6.04 Å². The second-order valence-electron chi connectivity index (χ2n) is 9.36. The molecule has 0 bridgehead atoms. The standard InChI is InChI=1S/C18H33FN2O3S/c1-16(2,3)24-15(22)21-11-9-18(10-12-21)8-7-13(19)14(18)20-25(23)17(4,5)6/h13-14,20H,7-12H2,1-6H3/t13?,14-,25?/m1/s1. The van der Waals surface area contributed by atoms with Gasteiger partial charge in [-0.1, -0.05) is 0 Å². The van der Waals surface area contributed by atoms with Crippen LogP contribution in [-0.4, -0.2) is 51.2 Å². The van der Waals surface area contributed by atoms with Crippen molar-refractivity contribution in [1.82, 2.24) is 9.62 Å². The highest BCUT2D eigenvalue weighted by atomic mass is 32.2. The van der Waals surface area contributed by atoms with Crippen LogP contribution in [0.25, 0.3) is 0 Å². The number of halogens is 1. The first-order valence-electron chi connectivity index (χ1n) is 9.14. The van der Waals surface area contributed by atoms with E-state index in [1.165, 1.54) is 0 Å². The lowest BCUT2D eigenvalue weighted by atomic mass is 9.74. The van der Waals surface area contributed by atoms with Crippen LogP contribution in [0.15, 0.2) is 0 Å². The fraction of sp³-hybridized carbons (Fsp3) is 0.944. The predicted molar refractivity (Wildman–Crippen MR) is 98.4 cm³/mol. The number of nitrogens with zero attached hydrogens (tertiary/aromatic N) is 1. The van der Waals surface area contributed by atoms with Gasteiger partial charge in [-0.05, 0) is 72.6 Å². The molecule has 1 amide bonds. The van der Waals surface area contributed by atoms with Crippen LogP contribution in [0.1, 0.15) is 67.2 Å². The average Bonchev–Trinajstić information content (AvgIpc) is 2.75. The molecule has 146 valence electrons. The Labute approximate surface area is 154 Å². The molecule has 1 spiro atoms. The van der Waals surface area contributed by atoms with Gasteiger partial charge in [0.2, 0.25) is 0 Å². The molecule has 3 atom stereocenters. The van der Waals surface area contributed by atoms with Crippen molar-refractivity contribution in [3.8, 4) is 0 Å². The Hall–Kier alpha value is -0.530. The van der Waals surface area contributed by atoms with Crippen molar-refractivity contribution in [3.05, 3.63) is 0 Å². The van der Waals surface area contributed by atoms with Gasteiger partial charge >= 0.3 is 6.09 Å². The number of carbonyl (C=O) groups is 1. The minimum absolute atomic E-state index is 0.223. The first-order valence-corrected chi connectivity index (χ1v) is 10.3. The van der Waals surface area contributed by atoms with Gasteiger partial charge in [-0.2, -0.15) is 0 Å². The lowest BCUT2D eigenvalue weighted by molar-refractivity contribution is 0.00682. The van der Waals surface area contributed by atoms with E-state index in [-0.39, 0.29) is 11.5 Å². The molecule has 25 heavy (non-hydrogen) atoms. The zero-order chi connectivity index (χ0) is 19.0. The molecule has 0 radical (unpaired) electrons. The van der Waals surface area contributed by atoms with Crippen LogP contribution in [0.2, 0.25) is 0 Å². The van der Waals surface area contributed by atoms with Gasteiger partial charge in [0.1, 0.15) is 16.5 Å². The number of nitrogens with one attached hydrogen (secondary N) is 1. The van der Waals surface area contributed by atoms with Crippen molar-refractivity contribution >= 4 is 17.5 Å². The molecule has 1 N–H and O–H groups in total. The smallest absolute Gasteiger partial charge is 0.410 e. The molecular weight excluding hydrogens is 343 g/mol. The Balaban J connectivity index is 2.01. The molecule has 1 heterocycles. The van der Waals surface area contributed by atoms with E-state index < -0.39 is 33.9 Å². The van der Waals surface area contributed by atoms with Gasteiger partial charge in [-0.15, -0.1) is 4.72 Å². The highest BCUT2D eigenvalue weighted by Crippen LogP contribution is 2.48. The number of alkyl halides is 1. The average molecular weight is 377 g/mol. The number of piperidine rings is 1. The summed E-state index contributed by atoms with van der Waals surface area (Å²) < 4.78 is 35.1. The van der Waals surface area contributed by atoms with Crippen molar-refractivity contribution in [2.24, 2.45) is 5.41 Å². The molecule has 1 saturated heterocycles. The summed E-state index contributed by atoms with van der Waals surface area (Å²) in [6, 6.07) is -0.409. The van der Waals surface area contributed by atoms with Crippen molar-refractivity contribution in [1.29, 1.82) is 0 Å². The largest absolute Gasteiger partial charge is 0.598 e. The highest BCUT2D eigenvalue weighted by Gasteiger charge is 2.53. The lowest BCUT2D eigenvalue weighted by Crippen LogP contribution is -2.56. The van der Waals surface area contributed by atoms with E-state index in [2.05, 4.69) is 4.72 Å². The zero-order valence-corrected chi connectivity index (χ0v) is 17.2. The van der Waals surface area contributed by atoms with Crippen LogP contribution in [0, 0.1) is 5.41 Å². The molecule has 2 unspecified atom stereocenters. The van der Waals surface area contributed by atoms with E-state index in [9.17, 15) is 13.7 Å². The van der Waals surface area contributed by atoms with E-state index in [0.29, 0.717) is 32.4 Å². The third-order valence-corrected chi connectivity index (χ3v) is 6.72. The third kappa shape index (κ3) is 5.01. The van der Waals surface area contributed by atoms with Crippen molar-refractivity contribution < 1.29 is 18.5 Å². The Morgan fingerprint density at radius 2 is 1.76 bits per heavy atom. The zero-order valence-electron chi connectivity index (χ0n) is 16.4. The molecule has 5 nitrogen and oxygen atoms in total. The number of hydrogen-bond donors (Lipinski definition) is 1. The van der Waals surface area contributed by atoms with Crippen LogP contribution in [0.4, 0.5) is 9.18 Å². The maximum atomic E-state index is 14.5. The Bertz CT molecular complexity index is 482. The Kier molecular flexibility index (Phi) is 6.01. The van der Waals surface area contributed by atoms with Crippen LogP contribution >= 0.6 is 0 Å². The highest BCUT2D eigenvalue weighted by molar-refractivity contribution is 7.90. The molecule has 2 rings (SSSR count). The second-order valence-corrected chi connectivity index (χ2v) is 11.4. The predicted octanol–water partition coefficient (Wildman–Crippen LogP) is 3.56.